The number of carbonyl (C=O) groups excluding carboxylic acids is 2. The number of nitrogens with zero attached hydrogens (tertiary/aromatic N) is 1. The van der Waals surface area contributed by atoms with Crippen LogP contribution in [-0.4, -0.2) is 42.5 Å². The van der Waals surface area contributed by atoms with E-state index >= 15 is 0 Å². The molecule has 1 heterocycles. The summed E-state index contributed by atoms with van der Waals surface area (Å²) in [5, 5.41) is 12.3. The number of aliphatic carboxylic acids is 1. The topological polar surface area (TPSA) is 95.9 Å². The second kappa shape index (κ2) is 13.1. The van der Waals surface area contributed by atoms with Gasteiger partial charge in [-0.15, -0.1) is 0 Å². The van der Waals surface area contributed by atoms with Crippen LogP contribution in [0.5, 0.6) is 0 Å². The van der Waals surface area contributed by atoms with Crippen molar-refractivity contribution in [3.05, 3.63) is 93.5 Å². The van der Waals surface area contributed by atoms with Crippen LogP contribution in [-0.2, 0) is 14.3 Å². The Morgan fingerprint density at radius 1 is 1.03 bits per heavy atom. The number of carboxylic acids is 1. The molecule has 0 aromatic heterocycles. The number of Topliss-reactive ketones (excluding diaryl/α,β-unsaturated/α-hetero) is 1. The summed E-state index contributed by atoms with van der Waals surface area (Å²) in [4.78, 5) is 35.8. The van der Waals surface area contributed by atoms with Crippen molar-refractivity contribution in [2.75, 3.05) is 29.9 Å². The molecule has 1 atom stereocenters. The lowest BCUT2D eigenvalue weighted by Gasteiger charge is -2.30. The minimum absolute atomic E-state index is 0.00172. The van der Waals surface area contributed by atoms with Crippen molar-refractivity contribution in [2.24, 2.45) is 5.41 Å². The zero-order valence-corrected chi connectivity index (χ0v) is 23.8. The summed E-state index contributed by atoms with van der Waals surface area (Å²) in [6.07, 6.45) is -0.434. The molecule has 0 radical (unpaired) electrons. The Balaban J connectivity index is 0.000000255. The third-order valence-corrected chi connectivity index (χ3v) is 6.35. The molecule has 0 saturated heterocycles. The molecule has 1 amide bonds. The van der Waals surface area contributed by atoms with Gasteiger partial charge < -0.3 is 20.1 Å². The van der Waals surface area contributed by atoms with Crippen molar-refractivity contribution in [1.82, 2.24) is 0 Å². The highest BCUT2D eigenvalue weighted by atomic mass is 35.5. The lowest BCUT2D eigenvalue weighted by atomic mass is 9.94. The quantitative estimate of drug-likeness (QED) is 0.313. The van der Waals surface area contributed by atoms with Gasteiger partial charge in [-0.1, -0.05) is 74.3 Å². The van der Waals surface area contributed by atoms with E-state index in [1.54, 1.807) is 35.2 Å². The number of carboxylic acid groups (broad SMARTS) is 1. The van der Waals surface area contributed by atoms with Gasteiger partial charge in [0.25, 0.3) is 5.91 Å². The number of anilines is 2. The molecule has 1 aliphatic heterocycles. The maximum atomic E-state index is 12.7. The molecule has 2 N–H and O–H groups in total. The largest absolute Gasteiger partial charge is 0.480 e. The van der Waals surface area contributed by atoms with Crippen LogP contribution in [0.4, 0.5) is 11.4 Å². The number of rotatable bonds is 6. The van der Waals surface area contributed by atoms with E-state index in [0.29, 0.717) is 27.8 Å². The molecule has 0 aliphatic carbocycles. The zero-order chi connectivity index (χ0) is 28.7. The number of fused-ring (bicyclic) bond motifs is 1. The maximum Gasteiger partial charge on any atom is 0.322 e. The van der Waals surface area contributed by atoms with E-state index in [-0.39, 0.29) is 30.3 Å². The molecule has 1 aliphatic rings. The fourth-order valence-corrected chi connectivity index (χ4v) is 4.47. The predicted octanol–water partition coefficient (Wildman–Crippen LogP) is 6.88. The van der Waals surface area contributed by atoms with Crippen LogP contribution in [0, 0.1) is 5.41 Å². The lowest BCUT2D eigenvalue weighted by Crippen LogP contribution is -2.39. The first-order chi connectivity index (χ1) is 18.4. The Morgan fingerprint density at radius 3 is 2.38 bits per heavy atom. The van der Waals surface area contributed by atoms with Gasteiger partial charge in [-0.2, -0.15) is 0 Å². The van der Waals surface area contributed by atoms with Crippen molar-refractivity contribution in [1.29, 1.82) is 0 Å². The molecule has 1 unspecified atom stereocenters. The number of benzene rings is 3. The lowest BCUT2D eigenvalue weighted by molar-refractivity contribution is -0.135. The molecule has 0 fully saturated rings. The van der Waals surface area contributed by atoms with Crippen molar-refractivity contribution >= 4 is 52.2 Å². The summed E-state index contributed by atoms with van der Waals surface area (Å²) in [5.41, 5.74) is 3.68. The third-order valence-electron chi connectivity index (χ3n) is 5.77. The second-order valence-electron chi connectivity index (χ2n) is 10.3. The van der Waals surface area contributed by atoms with Crippen LogP contribution in [0.1, 0.15) is 55.3 Å². The average molecular weight is 572 g/mol. The van der Waals surface area contributed by atoms with Crippen molar-refractivity contribution in [2.45, 2.75) is 33.8 Å². The Labute approximate surface area is 238 Å². The normalized spacial score (nSPS) is 15.0. The molecule has 0 bridgehead atoms. The van der Waals surface area contributed by atoms with Gasteiger partial charge in [-0.05, 0) is 48.7 Å². The third kappa shape index (κ3) is 8.55. The summed E-state index contributed by atoms with van der Waals surface area (Å²) in [6.45, 7) is 8.22. The number of ketones is 1. The van der Waals surface area contributed by atoms with E-state index in [4.69, 9.17) is 33.0 Å². The van der Waals surface area contributed by atoms with Crippen LogP contribution < -0.4 is 10.2 Å². The summed E-state index contributed by atoms with van der Waals surface area (Å²) in [7, 11) is 0. The van der Waals surface area contributed by atoms with E-state index in [9.17, 15) is 14.4 Å². The highest BCUT2D eigenvalue weighted by molar-refractivity contribution is 6.31. The number of halogens is 2. The molecule has 4 rings (SSSR count). The summed E-state index contributed by atoms with van der Waals surface area (Å²) in [5.74, 6) is -1.03. The van der Waals surface area contributed by atoms with Crippen LogP contribution in [0.25, 0.3) is 0 Å². The van der Waals surface area contributed by atoms with Gasteiger partial charge in [0, 0.05) is 44.7 Å². The number of amides is 1. The first kappa shape index (κ1) is 30.2. The summed E-state index contributed by atoms with van der Waals surface area (Å²) in [6, 6.07) is 19.8. The molecule has 39 heavy (non-hydrogen) atoms. The van der Waals surface area contributed by atoms with Gasteiger partial charge in [-0.3, -0.25) is 14.4 Å². The monoisotopic (exact) mass is 570 g/mol. The molecule has 0 saturated carbocycles. The number of ether oxygens (including phenoxy) is 1. The van der Waals surface area contributed by atoms with Crippen molar-refractivity contribution in [3.8, 4) is 0 Å². The first-order valence-corrected chi connectivity index (χ1v) is 13.1. The van der Waals surface area contributed by atoms with Gasteiger partial charge >= 0.3 is 5.97 Å². The minimum atomic E-state index is -0.932. The second-order valence-corrected chi connectivity index (χ2v) is 11.2. The smallest absolute Gasteiger partial charge is 0.322 e. The average Bonchev–Trinajstić information content (AvgIpc) is 2.99. The maximum absolute atomic E-state index is 12.7. The molecule has 7 nitrogen and oxygen atoms in total. The van der Waals surface area contributed by atoms with Gasteiger partial charge in [0.05, 0.1) is 0 Å². The molecule has 3 aromatic carbocycles. The Hall–Kier alpha value is -3.39. The summed E-state index contributed by atoms with van der Waals surface area (Å²) < 4.78 is 5.97. The molecular formula is C30H32Cl2N2O5. The van der Waals surface area contributed by atoms with E-state index in [1.807, 2.05) is 36.4 Å². The Morgan fingerprint density at radius 2 is 1.74 bits per heavy atom. The predicted molar refractivity (Wildman–Crippen MR) is 155 cm³/mol. The van der Waals surface area contributed by atoms with Gasteiger partial charge in [-0.25, -0.2) is 0 Å². The fraction of sp³-hybridized carbons (Fsp3) is 0.300. The van der Waals surface area contributed by atoms with Gasteiger partial charge in [0.2, 0.25) is 0 Å². The minimum Gasteiger partial charge on any atom is -0.480 e. The van der Waals surface area contributed by atoms with Crippen LogP contribution >= 0.6 is 23.2 Å². The highest BCUT2D eigenvalue weighted by Crippen LogP contribution is 2.40. The van der Waals surface area contributed by atoms with E-state index in [0.717, 1.165) is 16.8 Å². The molecule has 3 aromatic rings. The number of nitrogens with one attached hydrogen (secondary N) is 1. The molecular weight excluding hydrogens is 539 g/mol. The Bertz CT molecular complexity index is 1350. The summed E-state index contributed by atoms with van der Waals surface area (Å²) >= 11 is 12.6. The van der Waals surface area contributed by atoms with E-state index in [2.05, 4.69) is 26.1 Å². The van der Waals surface area contributed by atoms with Crippen LogP contribution in [0.3, 0.4) is 0 Å². The number of hydrogen-bond acceptors (Lipinski definition) is 5. The fourth-order valence-electron chi connectivity index (χ4n) is 4.06. The van der Waals surface area contributed by atoms with Crippen molar-refractivity contribution < 1.29 is 24.2 Å². The SMILES string of the molecule is CC(=O)c1cccc(NCC(=O)O)c1.CC(C)(C)CN1C(=O)COC(c2ccccc2Cl)c2cc(Cl)ccc21. The Kier molecular flexibility index (Phi) is 10.1. The molecule has 0 spiro atoms. The standard InChI is InChI=1S/C20H21Cl2NO2.C10H11NO3/c1-20(2,3)12-23-17-9-8-13(21)10-15(17)19(25-11-18(23)24)14-6-4-5-7-16(14)22;1-7(12)8-3-2-4-9(5-8)11-6-10(13)14/h4-10,19H,11-12H2,1-3H3;2-5,11H,6H2,1H3,(H,13,14). The van der Waals surface area contributed by atoms with Crippen LogP contribution in [0.2, 0.25) is 10.0 Å². The molecule has 9 heteroatoms. The van der Waals surface area contributed by atoms with Gasteiger partial charge in [0.1, 0.15) is 19.3 Å². The van der Waals surface area contributed by atoms with Crippen molar-refractivity contribution in [3.63, 3.8) is 0 Å². The highest BCUT2D eigenvalue weighted by Gasteiger charge is 2.32. The van der Waals surface area contributed by atoms with E-state index < -0.39 is 12.1 Å². The van der Waals surface area contributed by atoms with Gasteiger partial charge in [0.15, 0.2) is 5.78 Å². The first-order valence-electron chi connectivity index (χ1n) is 12.4. The zero-order valence-electron chi connectivity index (χ0n) is 22.3. The number of carbonyl (C=O) groups is 3. The molecule has 206 valence electrons. The van der Waals surface area contributed by atoms with E-state index in [1.165, 1.54) is 6.92 Å². The van der Waals surface area contributed by atoms with Crippen LogP contribution in [0.15, 0.2) is 66.7 Å². The number of hydrogen-bond donors (Lipinski definition) is 2.